The van der Waals surface area contributed by atoms with Gasteiger partial charge in [-0.2, -0.15) is 0 Å². The Morgan fingerprint density at radius 3 is 2.56 bits per heavy atom. The number of hydrogen-bond acceptors (Lipinski definition) is 2. The van der Waals surface area contributed by atoms with Crippen LogP contribution in [-0.4, -0.2) is 29.6 Å². The molecule has 4 unspecified atom stereocenters. The lowest BCUT2D eigenvalue weighted by Gasteiger charge is -2.35. The Morgan fingerprint density at radius 2 is 1.94 bits per heavy atom. The molecule has 3 nitrogen and oxygen atoms in total. The summed E-state index contributed by atoms with van der Waals surface area (Å²) >= 11 is 0. The van der Waals surface area contributed by atoms with Crippen LogP contribution in [0.5, 0.6) is 0 Å². The van der Waals surface area contributed by atoms with Crippen molar-refractivity contribution in [1.82, 2.24) is 10.2 Å². The normalized spacial score (nSPS) is 37.6. The first-order chi connectivity index (χ1) is 8.50. The van der Waals surface area contributed by atoms with Crippen LogP contribution in [0.25, 0.3) is 0 Å². The van der Waals surface area contributed by atoms with Crippen molar-refractivity contribution < 1.29 is 4.79 Å². The van der Waals surface area contributed by atoms with Crippen molar-refractivity contribution in [3.05, 3.63) is 0 Å². The monoisotopic (exact) mass is 252 g/mol. The molecule has 1 heterocycles. The van der Waals surface area contributed by atoms with E-state index in [-0.39, 0.29) is 12.2 Å². The second-order valence-corrected chi connectivity index (χ2v) is 6.59. The highest BCUT2D eigenvalue weighted by atomic mass is 16.2. The van der Waals surface area contributed by atoms with Crippen molar-refractivity contribution in [3.63, 3.8) is 0 Å². The first kappa shape index (κ1) is 13.9. The van der Waals surface area contributed by atoms with Crippen LogP contribution >= 0.6 is 0 Å². The van der Waals surface area contributed by atoms with E-state index in [4.69, 9.17) is 0 Å². The highest BCUT2D eigenvalue weighted by Crippen LogP contribution is 2.32. The van der Waals surface area contributed by atoms with Crippen LogP contribution in [0.15, 0.2) is 0 Å². The summed E-state index contributed by atoms with van der Waals surface area (Å²) in [5.74, 6) is 2.26. The zero-order valence-electron chi connectivity index (χ0n) is 12.3. The van der Waals surface area contributed by atoms with Gasteiger partial charge >= 0.3 is 0 Å². The molecular formula is C15H28N2O. The van der Waals surface area contributed by atoms with Gasteiger partial charge in [-0.25, -0.2) is 0 Å². The minimum absolute atomic E-state index is 0.00343. The Hall–Kier alpha value is -0.570. The number of nitrogens with one attached hydrogen (secondary N) is 1. The Balaban J connectivity index is 2.03. The Labute approximate surface area is 111 Å². The summed E-state index contributed by atoms with van der Waals surface area (Å²) in [6.07, 6.45) is 5.58. The van der Waals surface area contributed by atoms with Gasteiger partial charge in [-0.05, 0) is 31.1 Å². The zero-order valence-corrected chi connectivity index (χ0v) is 12.3. The Bertz CT molecular complexity index is 303. The molecule has 1 saturated carbocycles. The van der Waals surface area contributed by atoms with Crippen LogP contribution in [0.1, 0.15) is 53.4 Å². The molecule has 0 bridgehead atoms. The van der Waals surface area contributed by atoms with Crippen molar-refractivity contribution in [1.29, 1.82) is 0 Å². The third kappa shape index (κ3) is 2.71. The predicted octanol–water partition coefficient (Wildman–Crippen LogP) is 2.62. The summed E-state index contributed by atoms with van der Waals surface area (Å²) in [4.78, 5) is 14.4. The van der Waals surface area contributed by atoms with Crippen molar-refractivity contribution in [3.8, 4) is 0 Å². The highest BCUT2D eigenvalue weighted by Gasteiger charge is 2.39. The van der Waals surface area contributed by atoms with Gasteiger partial charge in [0.25, 0.3) is 0 Å². The number of amides is 1. The van der Waals surface area contributed by atoms with E-state index in [0.717, 1.165) is 12.5 Å². The molecule has 2 aliphatic rings. The SMILES string of the molecule is CC1NC(C(C)C)N(CC2CCCCC2C)C1=O. The summed E-state index contributed by atoms with van der Waals surface area (Å²) in [6.45, 7) is 9.69. The molecule has 18 heavy (non-hydrogen) atoms. The molecule has 0 aromatic rings. The van der Waals surface area contributed by atoms with Gasteiger partial charge < -0.3 is 4.90 Å². The summed E-state index contributed by atoms with van der Waals surface area (Å²) in [5, 5.41) is 3.43. The molecule has 0 spiro atoms. The largest absolute Gasteiger partial charge is 0.325 e. The highest BCUT2D eigenvalue weighted by molar-refractivity contribution is 5.83. The summed E-state index contributed by atoms with van der Waals surface area (Å²) in [6, 6.07) is -0.00343. The van der Waals surface area contributed by atoms with Gasteiger partial charge in [0.15, 0.2) is 0 Å². The number of carbonyl (C=O) groups is 1. The molecular weight excluding hydrogens is 224 g/mol. The van der Waals surface area contributed by atoms with Gasteiger partial charge in [0.05, 0.1) is 12.2 Å². The summed E-state index contributed by atoms with van der Waals surface area (Å²) < 4.78 is 0. The molecule has 104 valence electrons. The van der Waals surface area contributed by atoms with Crippen molar-refractivity contribution in [2.75, 3.05) is 6.54 Å². The average molecular weight is 252 g/mol. The number of carbonyl (C=O) groups excluding carboxylic acids is 1. The van der Waals surface area contributed by atoms with Crippen LogP contribution in [0.2, 0.25) is 0 Å². The molecule has 1 saturated heterocycles. The fraction of sp³-hybridized carbons (Fsp3) is 0.933. The maximum atomic E-state index is 12.3. The lowest BCUT2D eigenvalue weighted by atomic mass is 9.80. The van der Waals surface area contributed by atoms with E-state index in [0.29, 0.717) is 17.7 Å². The standard InChI is InChI=1S/C15H28N2O/c1-10(2)14-16-12(4)15(18)17(14)9-13-8-6-5-7-11(13)3/h10-14,16H,5-9H2,1-4H3. The smallest absolute Gasteiger partial charge is 0.240 e. The van der Waals surface area contributed by atoms with E-state index < -0.39 is 0 Å². The van der Waals surface area contributed by atoms with Crippen molar-refractivity contribution >= 4 is 5.91 Å². The molecule has 0 aromatic carbocycles. The lowest BCUT2D eigenvalue weighted by Crippen LogP contribution is -2.45. The summed E-state index contributed by atoms with van der Waals surface area (Å²) in [5.41, 5.74) is 0. The molecule has 0 radical (unpaired) electrons. The van der Waals surface area contributed by atoms with Gasteiger partial charge in [-0.15, -0.1) is 0 Å². The first-order valence-electron chi connectivity index (χ1n) is 7.57. The lowest BCUT2D eigenvalue weighted by molar-refractivity contribution is -0.131. The van der Waals surface area contributed by atoms with Gasteiger partial charge in [-0.1, -0.05) is 40.0 Å². The third-order valence-corrected chi connectivity index (χ3v) is 4.76. The van der Waals surface area contributed by atoms with Crippen LogP contribution in [-0.2, 0) is 4.79 Å². The molecule has 4 atom stereocenters. The number of rotatable bonds is 3. The van der Waals surface area contributed by atoms with E-state index in [1.165, 1.54) is 25.7 Å². The van der Waals surface area contributed by atoms with E-state index in [1.807, 2.05) is 6.92 Å². The maximum Gasteiger partial charge on any atom is 0.240 e. The minimum Gasteiger partial charge on any atom is -0.325 e. The van der Waals surface area contributed by atoms with Crippen molar-refractivity contribution in [2.24, 2.45) is 17.8 Å². The predicted molar refractivity (Wildman–Crippen MR) is 74.1 cm³/mol. The van der Waals surface area contributed by atoms with Crippen LogP contribution in [0.3, 0.4) is 0 Å². The Morgan fingerprint density at radius 1 is 1.28 bits per heavy atom. The van der Waals surface area contributed by atoms with E-state index in [2.05, 4.69) is 31.0 Å². The average Bonchev–Trinajstić information content (AvgIpc) is 2.60. The molecule has 1 aliphatic carbocycles. The van der Waals surface area contributed by atoms with Gasteiger partial charge in [0.2, 0.25) is 5.91 Å². The number of hydrogen-bond donors (Lipinski definition) is 1. The molecule has 2 rings (SSSR count). The number of nitrogens with zero attached hydrogens (tertiary/aromatic N) is 1. The maximum absolute atomic E-state index is 12.3. The molecule has 1 amide bonds. The second kappa shape index (κ2) is 5.60. The van der Waals surface area contributed by atoms with Gasteiger partial charge in [0.1, 0.15) is 0 Å². The Kier molecular flexibility index (Phi) is 4.31. The molecule has 3 heteroatoms. The fourth-order valence-electron chi connectivity index (χ4n) is 3.48. The molecule has 2 fully saturated rings. The van der Waals surface area contributed by atoms with E-state index in [1.54, 1.807) is 0 Å². The molecule has 0 aromatic heterocycles. The summed E-state index contributed by atoms with van der Waals surface area (Å²) in [7, 11) is 0. The third-order valence-electron chi connectivity index (χ3n) is 4.76. The second-order valence-electron chi connectivity index (χ2n) is 6.59. The molecule has 1 aliphatic heterocycles. The minimum atomic E-state index is -0.00343. The van der Waals surface area contributed by atoms with Crippen molar-refractivity contribution in [2.45, 2.75) is 65.6 Å². The van der Waals surface area contributed by atoms with Gasteiger partial charge in [0, 0.05) is 6.54 Å². The van der Waals surface area contributed by atoms with E-state index >= 15 is 0 Å². The fourth-order valence-corrected chi connectivity index (χ4v) is 3.48. The molecule has 1 N–H and O–H groups in total. The van der Waals surface area contributed by atoms with E-state index in [9.17, 15) is 4.79 Å². The van der Waals surface area contributed by atoms with Gasteiger partial charge in [-0.3, -0.25) is 10.1 Å². The van der Waals surface area contributed by atoms with Crippen LogP contribution in [0.4, 0.5) is 0 Å². The zero-order chi connectivity index (χ0) is 13.3. The topological polar surface area (TPSA) is 32.3 Å². The first-order valence-corrected chi connectivity index (χ1v) is 7.57. The quantitative estimate of drug-likeness (QED) is 0.837. The van der Waals surface area contributed by atoms with Crippen LogP contribution < -0.4 is 5.32 Å². The van der Waals surface area contributed by atoms with Crippen LogP contribution in [0, 0.1) is 17.8 Å².